The van der Waals surface area contributed by atoms with Crippen LogP contribution in [-0.2, 0) is 16.1 Å². The van der Waals surface area contributed by atoms with Gasteiger partial charge in [0.2, 0.25) is 0 Å². The molecular weight excluding hydrogens is 368 g/mol. The zero-order chi connectivity index (χ0) is 20.5. The number of hydrogen-bond acceptors (Lipinski definition) is 4. The summed E-state index contributed by atoms with van der Waals surface area (Å²) in [7, 11) is 0. The number of carbonyl (C=O) groups is 2. The lowest BCUT2D eigenvalue weighted by atomic mass is 10.1. The first kappa shape index (κ1) is 20.9. The summed E-state index contributed by atoms with van der Waals surface area (Å²) in [5.41, 5.74) is 1.93. The maximum absolute atomic E-state index is 12.3. The molecule has 0 unspecified atom stereocenters. The molecule has 3 rings (SSSR count). The zero-order valence-electron chi connectivity index (χ0n) is 16.9. The molecule has 8 nitrogen and oxygen atoms in total. The number of nitrogens with zero attached hydrogens (tertiary/aromatic N) is 2. The van der Waals surface area contributed by atoms with Gasteiger partial charge < -0.3 is 20.4 Å². The van der Waals surface area contributed by atoms with E-state index in [2.05, 4.69) is 27.5 Å². The van der Waals surface area contributed by atoms with Crippen LogP contribution in [0.15, 0.2) is 49.1 Å². The van der Waals surface area contributed by atoms with Gasteiger partial charge >= 0.3 is 11.8 Å². The van der Waals surface area contributed by atoms with Gasteiger partial charge in [-0.05, 0) is 30.7 Å². The highest BCUT2D eigenvalue weighted by molar-refractivity contribution is 6.35. The lowest BCUT2D eigenvalue weighted by Crippen LogP contribution is -3.28. The van der Waals surface area contributed by atoms with Crippen LogP contribution in [0.3, 0.4) is 0 Å². The lowest BCUT2D eigenvalue weighted by Gasteiger charge is -2.34. The molecule has 1 atom stereocenters. The van der Waals surface area contributed by atoms with E-state index in [1.165, 1.54) is 4.90 Å². The van der Waals surface area contributed by atoms with E-state index >= 15 is 0 Å². The Labute approximate surface area is 171 Å². The van der Waals surface area contributed by atoms with Crippen LogP contribution in [0.2, 0.25) is 0 Å². The normalized spacial score (nSPS) is 19.9. The van der Waals surface area contributed by atoms with Crippen LogP contribution in [-0.4, -0.2) is 61.1 Å². The maximum atomic E-state index is 12.3. The predicted octanol–water partition coefficient (Wildman–Crippen LogP) is -2.25. The second-order valence-electron chi connectivity index (χ2n) is 7.35. The van der Waals surface area contributed by atoms with Gasteiger partial charge in [0.1, 0.15) is 32.2 Å². The SMILES string of the molecule is CC[NH+]1CC[NH+]([C@H](CNC(=O)C(=O)NCc2cccnc2)c2cccnc2)CC1. The number of amides is 2. The third kappa shape index (κ3) is 6.07. The summed E-state index contributed by atoms with van der Waals surface area (Å²) in [6.45, 7) is 8.32. The highest BCUT2D eigenvalue weighted by Gasteiger charge is 2.31. The zero-order valence-corrected chi connectivity index (χ0v) is 16.9. The van der Waals surface area contributed by atoms with E-state index in [-0.39, 0.29) is 12.6 Å². The molecule has 2 aromatic heterocycles. The Balaban J connectivity index is 1.56. The van der Waals surface area contributed by atoms with Crippen molar-refractivity contribution in [3.63, 3.8) is 0 Å². The van der Waals surface area contributed by atoms with Crippen LogP contribution in [0, 0.1) is 0 Å². The number of hydrogen-bond donors (Lipinski definition) is 4. The number of carbonyl (C=O) groups excluding carboxylic acids is 2. The lowest BCUT2D eigenvalue weighted by molar-refractivity contribution is -1.03. The predicted molar refractivity (Wildman–Crippen MR) is 108 cm³/mol. The number of pyridine rings is 2. The van der Waals surface area contributed by atoms with Crippen molar-refractivity contribution < 1.29 is 19.4 Å². The Hall–Kier alpha value is -2.84. The third-order valence-corrected chi connectivity index (χ3v) is 5.53. The molecule has 1 saturated heterocycles. The Morgan fingerprint density at radius 1 is 1.00 bits per heavy atom. The molecule has 0 aliphatic carbocycles. The molecular formula is C21H30N6O2+2. The Bertz CT molecular complexity index is 778. The second-order valence-corrected chi connectivity index (χ2v) is 7.35. The molecule has 0 bridgehead atoms. The van der Waals surface area contributed by atoms with Gasteiger partial charge in [0.05, 0.1) is 13.1 Å². The topological polar surface area (TPSA) is 92.9 Å². The first-order valence-corrected chi connectivity index (χ1v) is 10.2. The number of nitrogens with one attached hydrogen (secondary N) is 4. The van der Waals surface area contributed by atoms with Gasteiger partial charge in [-0.1, -0.05) is 6.07 Å². The number of aromatic nitrogens is 2. The highest BCUT2D eigenvalue weighted by atomic mass is 16.2. The van der Waals surface area contributed by atoms with Gasteiger partial charge in [-0.3, -0.25) is 19.6 Å². The fourth-order valence-electron chi connectivity index (χ4n) is 3.75. The molecule has 0 aromatic carbocycles. The summed E-state index contributed by atoms with van der Waals surface area (Å²) < 4.78 is 0. The van der Waals surface area contributed by atoms with Crippen molar-refractivity contribution in [1.29, 1.82) is 0 Å². The molecule has 154 valence electrons. The van der Waals surface area contributed by atoms with Crippen molar-refractivity contribution in [2.75, 3.05) is 39.3 Å². The average Bonchev–Trinajstić information content (AvgIpc) is 2.79. The van der Waals surface area contributed by atoms with Gasteiger partial charge in [-0.2, -0.15) is 0 Å². The summed E-state index contributed by atoms with van der Waals surface area (Å²) >= 11 is 0. The molecule has 4 N–H and O–H groups in total. The highest BCUT2D eigenvalue weighted by Crippen LogP contribution is 2.07. The van der Waals surface area contributed by atoms with Crippen LogP contribution >= 0.6 is 0 Å². The van der Waals surface area contributed by atoms with Gasteiger partial charge in [0.25, 0.3) is 0 Å². The number of piperazine rings is 1. The van der Waals surface area contributed by atoms with Crippen LogP contribution in [0.1, 0.15) is 24.1 Å². The number of rotatable bonds is 7. The monoisotopic (exact) mass is 398 g/mol. The molecule has 0 radical (unpaired) electrons. The van der Waals surface area contributed by atoms with Crippen LogP contribution < -0.4 is 20.4 Å². The Morgan fingerprint density at radius 2 is 1.69 bits per heavy atom. The molecule has 3 heterocycles. The molecule has 1 aliphatic rings. The molecule has 1 aliphatic heterocycles. The summed E-state index contributed by atoms with van der Waals surface area (Å²) in [6.07, 6.45) is 6.93. The molecule has 0 saturated carbocycles. The van der Waals surface area contributed by atoms with Gasteiger partial charge in [0, 0.05) is 36.9 Å². The standard InChI is InChI=1S/C21H28N6O2/c1-2-26-9-11-27(12-10-26)19(18-6-4-8-23-15-18)16-25-21(29)20(28)24-14-17-5-3-7-22-13-17/h3-8,13,15,19H,2,9-12,14,16H2,1H3,(H,24,28)(H,25,29)/p+2/t19-/m1/s1. The van der Waals surface area contributed by atoms with E-state index < -0.39 is 11.8 Å². The van der Waals surface area contributed by atoms with Crippen LogP contribution in [0.25, 0.3) is 0 Å². The summed E-state index contributed by atoms with van der Waals surface area (Å²) in [5, 5.41) is 5.46. The fourth-order valence-corrected chi connectivity index (χ4v) is 3.75. The van der Waals surface area contributed by atoms with Gasteiger partial charge in [-0.25, -0.2) is 0 Å². The summed E-state index contributed by atoms with van der Waals surface area (Å²) in [5.74, 6) is -1.24. The third-order valence-electron chi connectivity index (χ3n) is 5.53. The first-order chi connectivity index (χ1) is 14.2. The van der Waals surface area contributed by atoms with E-state index in [1.807, 2.05) is 24.4 Å². The molecule has 2 amide bonds. The van der Waals surface area contributed by atoms with Crippen LogP contribution in [0.4, 0.5) is 0 Å². The van der Waals surface area contributed by atoms with Crippen molar-refractivity contribution in [2.24, 2.45) is 0 Å². The van der Waals surface area contributed by atoms with Gasteiger partial charge in [-0.15, -0.1) is 0 Å². The van der Waals surface area contributed by atoms with Crippen molar-refractivity contribution in [2.45, 2.75) is 19.5 Å². The first-order valence-electron chi connectivity index (χ1n) is 10.2. The Kier molecular flexibility index (Phi) is 7.66. The van der Waals surface area contributed by atoms with E-state index in [4.69, 9.17) is 0 Å². The molecule has 29 heavy (non-hydrogen) atoms. The summed E-state index contributed by atoms with van der Waals surface area (Å²) in [6, 6.07) is 7.68. The smallest absolute Gasteiger partial charge is 0.309 e. The van der Waals surface area contributed by atoms with Crippen molar-refractivity contribution >= 4 is 11.8 Å². The minimum absolute atomic E-state index is 0.0807. The maximum Gasteiger partial charge on any atom is 0.309 e. The molecule has 0 spiro atoms. The molecule has 8 heteroatoms. The van der Waals surface area contributed by atoms with Gasteiger partial charge in [0.15, 0.2) is 0 Å². The van der Waals surface area contributed by atoms with Crippen LogP contribution in [0.5, 0.6) is 0 Å². The largest absolute Gasteiger partial charge is 0.344 e. The van der Waals surface area contributed by atoms with Crippen molar-refractivity contribution in [1.82, 2.24) is 20.6 Å². The quantitative estimate of drug-likeness (QED) is 0.397. The minimum atomic E-state index is -0.631. The fraction of sp³-hybridized carbons (Fsp3) is 0.429. The molecule has 1 fully saturated rings. The number of likely N-dealkylation sites (N-methyl/N-ethyl adjacent to an activating group) is 1. The summed E-state index contributed by atoms with van der Waals surface area (Å²) in [4.78, 5) is 35.7. The van der Waals surface area contributed by atoms with E-state index in [0.29, 0.717) is 6.54 Å². The van der Waals surface area contributed by atoms with E-state index in [9.17, 15) is 9.59 Å². The second kappa shape index (κ2) is 10.6. The van der Waals surface area contributed by atoms with E-state index in [0.717, 1.165) is 43.9 Å². The van der Waals surface area contributed by atoms with Crippen molar-refractivity contribution in [3.05, 3.63) is 60.2 Å². The number of quaternary nitrogens is 2. The minimum Gasteiger partial charge on any atom is -0.344 e. The Morgan fingerprint density at radius 3 is 2.31 bits per heavy atom. The molecule has 2 aromatic rings. The average molecular weight is 399 g/mol. The van der Waals surface area contributed by atoms with E-state index in [1.54, 1.807) is 29.6 Å². The van der Waals surface area contributed by atoms with Crippen molar-refractivity contribution in [3.8, 4) is 0 Å².